The van der Waals surface area contributed by atoms with Gasteiger partial charge in [0.25, 0.3) is 5.91 Å². The molecule has 1 saturated carbocycles. The van der Waals surface area contributed by atoms with Crippen molar-refractivity contribution < 1.29 is 18.0 Å². The zero-order valence-electron chi connectivity index (χ0n) is 10.4. The van der Waals surface area contributed by atoms with Crippen molar-refractivity contribution in [2.24, 2.45) is 5.92 Å². The standard InChI is InChI=1S/C13H15F3N2O/c1-7(8-2-3-8)18-12(19)9-4-5-11(17)10(6-9)13(14,15)16/h4-8H,2-3,17H2,1H3,(H,18,19). The van der Waals surface area contributed by atoms with E-state index >= 15 is 0 Å². The minimum Gasteiger partial charge on any atom is -0.398 e. The molecule has 6 heteroatoms. The molecular weight excluding hydrogens is 257 g/mol. The van der Waals surface area contributed by atoms with Gasteiger partial charge in [0.05, 0.1) is 5.56 Å². The number of nitrogens with one attached hydrogen (secondary N) is 1. The monoisotopic (exact) mass is 272 g/mol. The summed E-state index contributed by atoms with van der Waals surface area (Å²) in [6.45, 7) is 1.86. The summed E-state index contributed by atoms with van der Waals surface area (Å²) in [5, 5.41) is 2.71. The second-order valence-corrected chi connectivity index (χ2v) is 4.90. The van der Waals surface area contributed by atoms with Crippen LogP contribution in [0.3, 0.4) is 0 Å². The Morgan fingerprint density at radius 3 is 2.58 bits per heavy atom. The van der Waals surface area contributed by atoms with Crippen LogP contribution in [0, 0.1) is 5.92 Å². The van der Waals surface area contributed by atoms with E-state index in [1.54, 1.807) is 0 Å². The summed E-state index contributed by atoms with van der Waals surface area (Å²) in [4.78, 5) is 11.9. The first-order chi connectivity index (χ1) is 8.79. The van der Waals surface area contributed by atoms with Gasteiger partial charge in [0.2, 0.25) is 0 Å². The molecule has 1 aromatic rings. The number of carbonyl (C=O) groups excluding carboxylic acids is 1. The Kier molecular flexibility index (Phi) is 3.43. The van der Waals surface area contributed by atoms with Crippen molar-refractivity contribution >= 4 is 11.6 Å². The Hall–Kier alpha value is -1.72. The van der Waals surface area contributed by atoms with Crippen molar-refractivity contribution in [3.63, 3.8) is 0 Å². The van der Waals surface area contributed by atoms with Gasteiger partial charge in [-0.2, -0.15) is 13.2 Å². The molecular formula is C13H15F3N2O. The molecule has 0 aliphatic heterocycles. The molecule has 0 saturated heterocycles. The lowest BCUT2D eigenvalue weighted by atomic mass is 10.1. The Morgan fingerprint density at radius 1 is 1.42 bits per heavy atom. The van der Waals surface area contributed by atoms with Gasteiger partial charge in [-0.3, -0.25) is 4.79 Å². The van der Waals surface area contributed by atoms with Gasteiger partial charge >= 0.3 is 6.18 Å². The van der Waals surface area contributed by atoms with Crippen molar-refractivity contribution in [1.82, 2.24) is 5.32 Å². The number of hydrogen-bond acceptors (Lipinski definition) is 2. The minimum absolute atomic E-state index is 0.0145. The van der Waals surface area contributed by atoms with Crippen molar-refractivity contribution in [3.05, 3.63) is 29.3 Å². The highest BCUT2D eigenvalue weighted by Crippen LogP contribution is 2.34. The summed E-state index contributed by atoms with van der Waals surface area (Å²) in [5.74, 6) is -0.0512. The second-order valence-electron chi connectivity index (χ2n) is 4.90. The lowest BCUT2D eigenvalue weighted by molar-refractivity contribution is -0.136. The predicted molar refractivity (Wildman–Crippen MR) is 65.5 cm³/mol. The summed E-state index contributed by atoms with van der Waals surface area (Å²) in [5.41, 5.74) is 3.92. The Balaban J connectivity index is 2.18. The fourth-order valence-electron chi connectivity index (χ4n) is 1.95. The van der Waals surface area contributed by atoms with Gasteiger partial charge in [-0.1, -0.05) is 0 Å². The normalized spacial score (nSPS) is 17.1. The molecule has 0 spiro atoms. The smallest absolute Gasteiger partial charge is 0.398 e. The van der Waals surface area contributed by atoms with Crippen LogP contribution in [0.2, 0.25) is 0 Å². The van der Waals surface area contributed by atoms with Crippen LogP contribution in [0.5, 0.6) is 0 Å². The largest absolute Gasteiger partial charge is 0.418 e. The first-order valence-corrected chi connectivity index (χ1v) is 6.06. The number of nitrogens with two attached hydrogens (primary N) is 1. The Morgan fingerprint density at radius 2 is 2.05 bits per heavy atom. The van der Waals surface area contributed by atoms with E-state index in [-0.39, 0.29) is 17.3 Å². The number of rotatable bonds is 3. The van der Waals surface area contributed by atoms with Gasteiger partial charge in [0.1, 0.15) is 0 Å². The molecule has 1 aliphatic carbocycles. The highest BCUT2D eigenvalue weighted by molar-refractivity contribution is 5.95. The van der Waals surface area contributed by atoms with Gasteiger partial charge in [0.15, 0.2) is 0 Å². The maximum Gasteiger partial charge on any atom is 0.418 e. The lowest BCUT2D eigenvalue weighted by Crippen LogP contribution is -2.34. The molecule has 2 rings (SSSR count). The molecule has 1 atom stereocenters. The first-order valence-electron chi connectivity index (χ1n) is 6.06. The molecule has 1 amide bonds. The number of hydrogen-bond donors (Lipinski definition) is 2. The summed E-state index contributed by atoms with van der Waals surface area (Å²) in [6, 6.07) is 3.20. The lowest BCUT2D eigenvalue weighted by Gasteiger charge is -2.15. The Labute approximate surface area is 109 Å². The van der Waals surface area contributed by atoms with Crippen LogP contribution in [0.15, 0.2) is 18.2 Å². The molecule has 1 unspecified atom stereocenters. The number of benzene rings is 1. The van der Waals surface area contributed by atoms with Crippen LogP contribution < -0.4 is 11.1 Å². The molecule has 104 valence electrons. The van der Waals surface area contributed by atoms with Crippen LogP contribution in [0.1, 0.15) is 35.7 Å². The minimum atomic E-state index is -4.55. The fraction of sp³-hybridized carbons (Fsp3) is 0.462. The summed E-state index contributed by atoms with van der Waals surface area (Å²) in [7, 11) is 0. The highest BCUT2D eigenvalue weighted by Gasteiger charge is 2.34. The van der Waals surface area contributed by atoms with Crippen molar-refractivity contribution in [2.75, 3.05) is 5.73 Å². The van der Waals surface area contributed by atoms with Crippen LogP contribution in [0.25, 0.3) is 0 Å². The number of carbonyl (C=O) groups is 1. The molecule has 0 bridgehead atoms. The van der Waals surface area contributed by atoms with E-state index < -0.39 is 17.6 Å². The average molecular weight is 272 g/mol. The third-order valence-electron chi connectivity index (χ3n) is 3.31. The molecule has 3 nitrogen and oxygen atoms in total. The van der Waals surface area contributed by atoms with Crippen molar-refractivity contribution in [1.29, 1.82) is 0 Å². The van der Waals surface area contributed by atoms with E-state index in [1.165, 1.54) is 6.07 Å². The van der Waals surface area contributed by atoms with Gasteiger partial charge in [-0.05, 0) is 43.9 Å². The van der Waals surface area contributed by atoms with E-state index in [0.29, 0.717) is 5.92 Å². The third kappa shape index (κ3) is 3.19. The van der Waals surface area contributed by atoms with E-state index in [4.69, 9.17) is 5.73 Å². The molecule has 1 fully saturated rings. The number of amides is 1. The topological polar surface area (TPSA) is 55.1 Å². The average Bonchev–Trinajstić information content (AvgIpc) is 3.11. The maximum absolute atomic E-state index is 12.7. The molecule has 0 radical (unpaired) electrons. The first kappa shape index (κ1) is 13.7. The summed E-state index contributed by atoms with van der Waals surface area (Å²) in [6.07, 6.45) is -2.45. The van der Waals surface area contributed by atoms with E-state index in [1.807, 2.05) is 6.92 Å². The molecule has 0 heterocycles. The quantitative estimate of drug-likeness (QED) is 0.831. The zero-order chi connectivity index (χ0) is 14.2. The van der Waals surface area contributed by atoms with Crippen molar-refractivity contribution in [2.45, 2.75) is 32.0 Å². The fourth-order valence-corrected chi connectivity index (χ4v) is 1.95. The number of anilines is 1. The molecule has 1 aromatic carbocycles. The Bertz CT molecular complexity index is 495. The zero-order valence-corrected chi connectivity index (χ0v) is 10.4. The molecule has 1 aliphatic rings. The van der Waals surface area contributed by atoms with E-state index in [2.05, 4.69) is 5.32 Å². The molecule has 0 aromatic heterocycles. The van der Waals surface area contributed by atoms with Gasteiger partial charge in [0, 0.05) is 17.3 Å². The van der Waals surface area contributed by atoms with Gasteiger partial charge in [-0.15, -0.1) is 0 Å². The van der Waals surface area contributed by atoms with Crippen molar-refractivity contribution in [3.8, 4) is 0 Å². The maximum atomic E-state index is 12.7. The van der Waals surface area contributed by atoms with Crippen LogP contribution in [-0.4, -0.2) is 11.9 Å². The van der Waals surface area contributed by atoms with Crippen LogP contribution >= 0.6 is 0 Å². The number of nitrogen functional groups attached to an aromatic ring is 1. The summed E-state index contributed by atoms with van der Waals surface area (Å²) < 4.78 is 38.0. The van der Waals surface area contributed by atoms with Gasteiger partial charge in [-0.25, -0.2) is 0 Å². The number of alkyl halides is 3. The van der Waals surface area contributed by atoms with E-state index in [0.717, 1.165) is 25.0 Å². The SMILES string of the molecule is CC(NC(=O)c1ccc(N)c(C(F)(F)F)c1)C1CC1. The van der Waals surface area contributed by atoms with Crippen LogP contribution in [0.4, 0.5) is 18.9 Å². The summed E-state index contributed by atoms with van der Waals surface area (Å²) >= 11 is 0. The second kappa shape index (κ2) is 4.75. The highest BCUT2D eigenvalue weighted by atomic mass is 19.4. The molecule has 19 heavy (non-hydrogen) atoms. The molecule has 3 N–H and O–H groups in total. The third-order valence-corrected chi connectivity index (χ3v) is 3.31. The van der Waals surface area contributed by atoms with E-state index in [9.17, 15) is 18.0 Å². The van der Waals surface area contributed by atoms with Crippen LogP contribution in [-0.2, 0) is 6.18 Å². The predicted octanol–water partition coefficient (Wildman–Crippen LogP) is 2.82. The van der Waals surface area contributed by atoms with Gasteiger partial charge < -0.3 is 11.1 Å². The number of halogens is 3.